The van der Waals surface area contributed by atoms with Gasteiger partial charge < -0.3 is 18.8 Å². The number of hydrogen-bond donors (Lipinski definition) is 0. The van der Waals surface area contributed by atoms with Gasteiger partial charge in [0.2, 0.25) is 6.79 Å². The Kier molecular flexibility index (Phi) is 6.06. The summed E-state index contributed by atoms with van der Waals surface area (Å²) in [6, 6.07) is 21.7. The molecule has 35 heavy (non-hydrogen) atoms. The lowest BCUT2D eigenvalue weighted by molar-refractivity contribution is 0.0627. The zero-order valence-electron chi connectivity index (χ0n) is 19.2. The second-order valence-electron chi connectivity index (χ2n) is 8.65. The number of ether oxygens (including phenoxy) is 2. The molecule has 0 radical (unpaired) electrons. The molecule has 8 heteroatoms. The Morgan fingerprint density at radius 1 is 0.914 bits per heavy atom. The van der Waals surface area contributed by atoms with Crippen LogP contribution in [0.1, 0.15) is 21.5 Å². The third-order valence-corrected chi connectivity index (χ3v) is 7.25. The normalized spacial score (nSPS) is 15.6. The fraction of sp³-hybridized carbons (Fsp3) is 0.259. The number of para-hydroxylation sites is 2. The van der Waals surface area contributed by atoms with Gasteiger partial charge in [-0.25, -0.2) is 4.98 Å². The van der Waals surface area contributed by atoms with Crippen molar-refractivity contribution in [2.45, 2.75) is 17.5 Å². The van der Waals surface area contributed by atoms with Crippen LogP contribution in [0, 0.1) is 0 Å². The number of rotatable bonds is 6. The molecule has 0 atom stereocenters. The topological polar surface area (TPSA) is 68.0 Å². The second kappa shape index (κ2) is 9.64. The van der Waals surface area contributed by atoms with Crippen LogP contribution in [-0.4, -0.2) is 53.7 Å². The maximum absolute atomic E-state index is 13.4. The van der Waals surface area contributed by atoms with Crippen LogP contribution in [-0.2, 0) is 12.3 Å². The summed E-state index contributed by atoms with van der Waals surface area (Å²) in [5.41, 5.74) is 4.56. The molecule has 0 N–H and O–H groups in total. The number of fused-ring (bicyclic) bond motifs is 2. The van der Waals surface area contributed by atoms with Crippen molar-refractivity contribution < 1.29 is 18.7 Å². The number of carbonyl (C=O) groups is 1. The number of benzene rings is 3. The van der Waals surface area contributed by atoms with E-state index in [2.05, 4.69) is 16.0 Å². The Balaban J connectivity index is 1.07. The fourth-order valence-corrected chi connectivity index (χ4v) is 5.33. The quantitative estimate of drug-likeness (QED) is 0.362. The third-order valence-electron chi connectivity index (χ3n) is 6.38. The van der Waals surface area contributed by atoms with E-state index in [1.54, 1.807) is 0 Å². The van der Waals surface area contributed by atoms with Gasteiger partial charge in [0.25, 0.3) is 11.1 Å². The maximum atomic E-state index is 13.4. The first kappa shape index (κ1) is 22.0. The molecule has 2 aliphatic rings. The van der Waals surface area contributed by atoms with Crippen LogP contribution in [0.25, 0.3) is 11.1 Å². The highest BCUT2D eigenvalue weighted by Gasteiger charge is 2.24. The van der Waals surface area contributed by atoms with Gasteiger partial charge in [-0.15, -0.1) is 0 Å². The zero-order valence-corrected chi connectivity index (χ0v) is 20.0. The predicted octanol–water partition coefficient (Wildman–Crippen LogP) is 4.81. The molecular formula is C27H25N3O4S. The number of oxazole rings is 1. The summed E-state index contributed by atoms with van der Waals surface area (Å²) in [5, 5.41) is 0.616. The minimum absolute atomic E-state index is 0.0847. The Labute approximate surface area is 207 Å². The van der Waals surface area contributed by atoms with Crippen molar-refractivity contribution in [3.8, 4) is 11.5 Å². The first-order valence-corrected chi connectivity index (χ1v) is 12.7. The Morgan fingerprint density at radius 3 is 2.60 bits per heavy atom. The number of thioether (sulfide) groups is 1. The summed E-state index contributed by atoms with van der Waals surface area (Å²) in [6.07, 6.45) is 0. The van der Waals surface area contributed by atoms with Gasteiger partial charge in [0, 0.05) is 44.0 Å². The van der Waals surface area contributed by atoms with Crippen molar-refractivity contribution >= 4 is 28.8 Å². The Morgan fingerprint density at radius 2 is 1.71 bits per heavy atom. The monoisotopic (exact) mass is 487 g/mol. The number of aromatic nitrogens is 1. The standard InChI is InChI=1S/C27H25N3O4S/c31-26(30-13-11-29(12-14-30)16-19-9-10-24-25(15-19)33-18-32-24)21-6-2-1-5-20(21)17-35-27-28-22-7-3-4-8-23(22)34-27/h1-10,15H,11-14,16-18H2. The van der Waals surface area contributed by atoms with E-state index in [0.29, 0.717) is 24.1 Å². The summed E-state index contributed by atoms with van der Waals surface area (Å²) in [5.74, 6) is 2.32. The molecule has 6 rings (SSSR count). The van der Waals surface area contributed by atoms with Gasteiger partial charge in [0.1, 0.15) is 5.52 Å². The van der Waals surface area contributed by atoms with Crippen LogP contribution in [0.3, 0.4) is 0 Å². The van der Waals surface area contributed by atoms with Gasteiger partial charge in [0.15, 0.2) is 17.1 Å². The number of hydrogen-bond acceptors (Lipinski definition) is 7. The molecule has 0 aliphatic carbocycles. The van der Waals surface area contributed by atoms with Crippen molar-refractivity contribution in [2.75, 3.05) is 33.0 Å². The molecule has 1 saturated heterocycles. The van der Waals surface area contributed by atoms with E-state index < -0.39 is 0 Å². The van der Waals surface area contributed by atoms with Crippen molar-refractivity contribution in [3.05, 3.63) is 83.4 Å². The molecule has 4 aromatic rings. The van der Waals surface area contributed by atoms with Gasteiger partial charge in [-0.2, -0.15) is 0 Å². The highest BCUT2D eigenvalue weighted by atomic mass is 32.2. The molecule has 3 heterocycles. The van der Waals surface area contributed by atoms with Crippen molar-refractivity contribution in [2.24, 2.45) is 0 Å². The van der Waals surface area contributed by atoms with E-state index in [9.17, 15) is 4.79 Å². The van der Waals surface area contributed by atoms with E-state index in [-0.39, 0.29) is 12.7 Å². The number of amides is 1. The van der Waals surface area contributed by atoms with Gasteiger partial charge in [-0.1, -0.05) is 48.2 Å². The molecule has 1 aromatic heterocycles. The van der Waals surface area contributed by atoms with Gasteiger partial charge >= 0.3 is 0 Å². The van der Waals surface area contributed by atoms with Crippen molar-refractivity contribution in [3.63, 3.8) is 0 Å². The van der Waals surface area contributed by atoms with Crippen molar-refractivity contribution in [1.29, 1.82) is 0 Å². The molecule has 0 unspecified atom stereocenters. The maximum Gasteiger partial charge on any atom is 0.257 e. The Hall–Kier alpha value is -3.49. The van der Waals surface area contributed by atoms with E-state index in [4.69, 9.17) is 13.9 Å². The highest BCUT2D eigenvalue weighted by Crippen LogP contribution is 2.33. The van der Waals surface area contributed by atoms with Gasteiger partial charge in [-0.05, 0) is 41.5 Å². The lowest BCUT2D eigenvalue weighted by Gasteiger charge is -2.35. The summed E-state index contributed by atoms with van der Waals surface area (Å²) in [4.78, 5) is 22.3. The zero-order chi connectivity index (χ0) is 23.6. The SMILES string of the molecule is O=C(c1ccccc1CSc1nc2ccccc2o1)N1CCN(Cc2ccc3c(c2)OCO3)CC1. The number of piperazine rings is 1. The average molecular weight is 488 g/mol. The molecule has 1 amide bonds. The smallest absolute Gasteiger partial charge is 0.257 e. The molecule has 0 spiro atoms. The number of carbonyl (C=O) groups excluding carboxylic acids is 1. The van der Waals surface area contributed by atoms with Crippen LogP contribution < -0.4 is 9.47 Å². The Bertz CT molecular complexity index is 1330. The summed E-state index contributed by atoms with van der Waals surface area (Å²) >= 11 is 1.51. The lowest BCUT2D eigenvalue weighted by atomic mass is 10.1. The minimum atomic E-state index is 0.0847. The van der Waals surface area contributed by atoms with Crippen LogP contribution in [0.4, 0.5) is 0 Å². The van der Waals surface area contributed by atoms with Crippen molar-refractivity contribution in [1.82, 2.24) is 14.8 Å². The lowest BCUT2D eigenvalue weighted by Crippen LogP contribution is -2.48. The molecular weight excluding hydrogens is 462 g/mol. The molecule has 178 valence electrons. The largest absolute Gasteiger partial charge is 0.454 e. The molecule has 7 nitrogen and oxygen atoms in total. The number of nitrogens with zero attached hydrogens (tertiary/aromatic N) is 3. The van der Waals surface area contributed by atoms with E-state index in [0.717, 1.165) is 53.4 Å². The summed E-state index contributed by atoms with van der Waals surface area (Å²) in [7, 11) is 0. The van der Waals surface area contributed by atoms with Crippen LogP contribution in [0.5, 0.6) is 11.5 Å². The summed E-state index contributed by atoms with van der Waals surface area (Å²) < 4.78 is 16.7. The molecule has 3 aromatic carbocycles. The van der Waals surface area contributed by atoms with E-state index >= 15 is 0 Å². The first-order valence-electron chi connectivity index (χ1n) is 11.7. The molecule has 0 saturated carbocycles. The molecule has 0 bridgehead atoms. The third kappa shape index (κ3) is 4.72. The minimum Gasteiger partial charge on any atom is -0.454 e. The van der Waals surface area contributed by atoms with E-state index in [1.165, 1.54) is 17.3 Å². The van der Waals surface area contributed by atoms with E-state index in [1.807, 2.05) is 65.6 Å². The predicted molar refractivity (Wildman–Crippen MR) is 134 cm³/mol. The van der Waals surface area contributed by atoms with Crippen LogP contribution >= 0.6 is 11.8 Å². The van der Waals surface area contributed by atoms with Gasteiger partial charge in [0.05, 0.1) is 0 Å². The van der Waals surface area contributed by atoms with Crippen LogP contribution in [0.15, 0.2) is 76.4 Å². The molecule has 2 aliphatic heterocycles. The van der Waals surface area contributed by atoms with Crippen LogP contribution in [0.2, 0.25) is 0 Å². The second-order valence-corrected chi connectivity index (χ2v) is 9.58. The summed E-state index contributed by atoms with van der Waals surface area (Å²) in [6.45, 7) is 4.19. The average Bonchev–Trinajstić information content (AvgIpc) is 3.54. The highest BCUT2D eigenvalue weighted by molar-refractivity contribution is 7.98. The molecule has 1 fully saturated rings. The fourth-order valence-electron chi connectivity index (χ4n) is 4.48. The first-order chi connectivity index (χ1) is 17.2. The van der Waals surface area contributed by atoms with Gasteiger partial charge in [-0.3, -0.25) is 9.69 Å².